The van der Waals surface area contributed by atoms with Crippen molar-refractivity contribution in [3.05, 3.63) is 56.6 Å². The van der Waals surface area contributed by atoms with Gasteiger partial charge in [0.15, 0.2) is 23.0 Å². The summed E-state index contributed by atoms with van der Waals surface area (Å²) in [5.74, 6) is 0.395. The number of methoxy groups -OCH3 is 2. The van der Waals surface area contributed by atoms with Crippen LogP contribution in [0.1, 0.15) is 47.9 Å². The highest BCUT2D eigenvalue weighted by Gasteiger charge is 2.30. The lowest BCUT2D eigenvalue weighted by molar-refractivity contribution is -0.194. The summed E-state index contributed by atoms with van der Waals surface area (Å²) in [6.45, 7) is 5.22. The van der Waals surface area contributed by atoms with Crippen molar-refractivity contribution in [2.45, 2.75) is 51.9 Å². The first-order valence-corrected chi connectivity index (χ1v) is 14.4. The number of carbonyl (C=O) groups is 4. The number of hydroxylamine groups is 4. The normalized spacial score (nSPS) is 13.9. The van der Waals surface area contributed by atoms with Gasteiger partial charge < -0.3 is 38.2 Å². The second kappa shape index (κ2) is 15.2. The van der Waals surface area contributed by atoms with Gasteiger partial charge >= 0.3 is 11.9 Å². The molecule has 2 aliphatic heterocycles. The zero-order valence-electron chi connectivity index (χ0n) is 24.3. The summed E-state index contributed by atoms with van der Waals surface area (Å²) in [6, 6.07) is 3.54. The van der Waals surface area contributed by atoms with Crippen LogP contribution in [0.3, 0.4) is 0 Å². The lowest BCUT2D eigenvalue weighted by Gasteiger charge is -2.18. The lowest BCUT2D eigenvalue weighted by Crippen LogP contribution is -2.21. The summed E-state index contributed by atoms with van der Waals surface area (Å²) >= 11 is 13.4. The Bertz CT molecular complexity index is 1340. The summed E-state index contributed by atoms with van der Waals surface area (Å²) in [5.41, 5.74) is 3.64. The molecule has 0 aromatic heterocycles. The molecule has 0 saturated carbocycles. The third-order valence-electron chi connectivity index (χ3n) is 6.80. The van der Waals surface area contributed by atoms with Crippen molar-refractivity contribution in [1.82, 2.24) is 10.1 Å². The zero-order chi connectivity index (χ0) is 31.8. The van der Waals surface area contributed by atoms with E-state index in [9.17, 15) is 19.2 Å². The molecular weight excluding hydrogens is 619 g/mol. The molecule has 2 aromatic carbocycles. The maximum absolute atomic E-state index is 12.0. The maximum atomic E-state index is 12.0. The predicted molar refractivity (Wildman–Crippen MR) is 157 cm³/mol. The van der Waals surface area contributed by atoms with Crippen LogP contribution in [0.5, 0.6) is 23.0 Å². The van der Waals surface area contributed by atoms with Gasteiger partial charge in [0.1, 0.15) is 25.8 Å². The topological polar surface area (TPSA) is 130 Å². The highest BCUT2D eigenvalue weighted by molar-refractivity contribution is 6.33. The summed E-state index contributed by atoms with van der Waals surface area (Å²) < 4.78 is 23.0. The summed E-state index contributed by atoms with van der Waals surface area (Å²) in [7, 11) is 2.98. The van der Waals surface area contributed by atoms with E-state index in [-0.39, 0.29) is 52.0 Å². The molecule has 0 N–H and O–H groups in total. The van der Waals surface area contributed by atoms with Gasteiger partial charge in [-0.2, -0.15) is 0 Å². The molecule has 0 spiro atoms. The highest BCUT2D eigenvalue weighted by Crippen LogP contribution is 2.45. The zero-order valence-corrected chi connectivity index (χ0v) is 25.8. The molecule has 0 radical (unpaired) electrons. The van der Waals surface area contributed by atoms with Crippen molar-refractivity contribution in [2.24, 2.45) is 0 Å². The Balaban J connectivity index is 1.37. The molecule has 0 amide bonds. The van der Waals surface area contributed by atoms with Gasteiger partial charge in [0.05, 0.1) is 63.3 Å². The monoisotopic (exact) mass is 650 g/mol. The largest absolute Gasteiger partial charge is 0.493 e. The second-order valence-electron chi connectivity index (χ2n) is 9.98. The Morgan fingerprint density at radius 2 is 1.18 bits per heavy atom. The smallest absolute Gasteiger partial charge is 0.325 e. The van der Waals surface area contributed by atoms with Gasteiger partial charge in [0, 0.05) is 12.8 Å². The molecule has 44 heavy (non-hydrogen) atoms. The first-order valence-electron chi connectivity index (χ1n) is 13.7. The number of hydrogen-bond acceptors (Lipinski definition) is 12. The van der Waals surface area contributed by atoms with Gasteiger partial charge in [-0.25, -0.2) is 0 Å². The van der Waals surface area contributed by atoms with E-state index in [1.807, 2.05) is 0 Å². The van der Waals surface area contributed by atoms with Crippen molar-refractivity contribution >= 4 is 47.7 Å². The van der Waals surface area contributed by atoms with Crippen LogP contribution in [0.4, 0.5) is 0 Å². The molecule has 0 saturated heterocycles. The SMILES string of the molecule is C=C(COc1c(OC)cc2c(c1Cl)CN(OC(=O)CCC=O)C2)COc1c(OC)cc2c(c1Cl)CN(OC(=O)CCC=O)C2. The number of benzene rings is 2. The summed E-state index contributed by atoms with van der Waals surface area (Å²) in [5, 5.41) is 3.56. The molecule has 2 heterocycles. The van der Waals surface area contributed by atoms with E-state index in [0.717, 1.165) is 22.3 Å². The van der Waals surface area contributed by atoms with Crippen molar-refractivity contribution in [3.8, 4) is 23.0 Å². The maximum Gasteiger partial charge on any atom is 0.325 e. The number of nitrogens with zero attached hydrogens (tertiary/aromatic N) is 2. The van der Waals surface area contributed by atoms with Gasteiger partial charge in [0.25, 0.3) is 0 Å². The molecule has 0 unspecified atom stereocenters. The minimum absolute atomic E-state index is 0.00816. The number of rotatable bonds is 16. The number of ether oxygens (including phenoxy) is 4. The molecule has 0 fully saturated rings. The number of fused-ring (bicyclic) bond motifs is 2. The minimum atomic E-state index is -0.507. The molecule has 236 valence electrons. The number of aldehydes is 2. The molecule has 0 atom stereocenters. The van der Waals surface area contributed by atoms with Crippen molar-refractivity contribution < 1.29 is 47.8 Å². The Kier molecular flexibility index (Phi) is 11.5. The molecule has 14 heteroatoms. The summed E-state index contributed by atoms with van der Waals surface area (Å²) in [6.07, 6.45) is 1.49. The van der Waals surface area contributed by atoms with Crippen LogP contribution in [-0.2, 0) is 55.0 Å². The van der Waals surface area contributed by atoms with E-state index >= 15 is 0 Å². The van der Waals surface area contributed by atoms with Crippen LogP contribution in [0.15, 0.2) is 24.3 Å². The lowest BCUT2D eigenvalue weighted by atomic mass is 10.1. The predicted octanol–water partition coefficient (Wildman–Crippen LogP) is 4.53. The van der Waals surface area contributed by atoms with Gasteiger partial charge in [-0.05, 0) is 40.0 Å². The van der Waals surface area contributed by atoms with Crippen LogP contribution in [0.25, 0.3) is 0 Å². The quantitative estimate of drug-likeness (QED) is 0.187. The molecule has 4 rings (SSSR count). The molecule has 2 aromatic rings. The Hall–Kier alpha value is -3.84. The van der Waals surface area contributed by atoms with Crippen LogP contribution >= 0.6 is 23.2 Å². The van der Waals surface area contributed by atoms with E-state index < -0.39 is 11.9 Å². The summed E-state index contributed by atoms with van der Waals surface area (Å²) in [4.78, 5) is 55.7. The third-order valence-corrected chi connectivity index (χ3v) is 7.60. The second-order valence-corrected chi connectivity index (χ2v) is 10.7. The first kappa shape index (κ1) is 33.1. The van der Waals surface area contributed by atoms with E-state index in [0.29, 0.717) is 64.3 Å². The van der Waals surface area contributed by atoms with Gasteiger partial charge in [-0.1, -0.05) is 29.8 Å². The van der Waals surface area contributed by atoms with E-state index in [4.69, 9.17) is 51.8 Å². The van der Waals surface area contributed by atoms with Crippen LogP contribution in [0.2, 0.25) is 10.0 Å². The van der Waals surface area contributed by atoms with Gasteiger partial charge in [-0.3, -0.25) is 9.59 Å². The average molecular weight is 651 g/mol. The van der Waals surface area contributed by atoms with Gasteiger partial charge in [-0.15, -0.1) is 10.1 Å². The molecule has 12 nitrogen and oxygen atoms in total. The average Bonchev–Trinajstić information content (AvgIpc) is 3.61. The molecule has 0 bridgehead atoms. The van der Waals surface area contributed by atoms with E-state index in [2.05, 4.69) is 6.58 Å². The van der Waals surface area contributed by atoms with E-state index in [1.54, 1.807) is 12.1 Å². The van der Waals surface area contributed by atoms with Gasteiger partial charge in [0.2, 0.25) is 0 Å². The Labute approximate surface area is 264 Å². The fourth-order valence-corrected chi connectivity index (χ4v) is 5.34. The first-order chi connectivity index (χ1) is 21.2. The van der Waals surface area contributed by atoms with Crippen molar-refractivity contribution in [3.63, 3.8) is 0 Å². The molecular formula is C30H32Cl2N2O10. The minimum Gasteiger partial charge on any atom is -0.493 e. The molecule has 0 aliphatic carbocycles. The Morgan fingerprint density at radius 3 is 1.55 bits per heavy atom. The van der Waals surface area contributed by atoms with Crippen molar-refractivity contribution in [1.29, 1.82) is 0 Å². The van der Waals surface area contributed by atoms with Crippen LogP contribution in [-0.4, -0.2) is 62.1 Å². The third kappa shape index (κ3) is 7.81. The fraction of sp³-hybridized carbons (Fsp3) is 0.400. The van der Waals surface area contributed by atoms with Crippen LogP contribution in [0, 0.1) is 0 Å². The number of hydrogen-bond donors (Lipinski definition) is 0. The van der Waals surface area contributed by atoms with E-state index in [1.165, 1.54) is 24.3 Å². The highest BCUT2D eigenvalue weighted by atomic mass is 35.5. The number of halogens is 2. The standard InChI is InChI=1S/C30H32Cl2N2O10/c1-18(16-41-29-23(39-2)10-19-12-33(14-21(19)27(29)31)43-25(37)6-4-8-35)17-42-30-24(40-3)11-20-13-34(15-22(20)28(30)32)44-26(38)7-5-9-36/h8-11H,1,4-7,12-17H2,2-3H3. The number of carbonyl (C=O) groups excluding carboxylic acids is 4. The Morgan fingerprint density at radius 1 is 0.773 bits per heavy atom. The molecule has 2 aliphatic rings. The van der Waals surface area contributed by atoms with Crippen LogP contribution < -0.4 is 18.9 Å². The van der Waals surface area contributed by atoms with Crippen molar-refractivity contribution in [2.75, 3.05) is 27.4 Å². The fourth-order valence-electron chi connectivity index (χ4n) is 4.69.